The van der Waals surface area contributed by atoms with Crippen LogP contribution in [0.5, 0.6) is 0 Å². The van der Waals surface area contributed by atoms with Gasteiger partial charge in [-0.1, -0.05) is 73.6 Å². The van der Waals surface area contributed by atoms with Crippen LogP contribution in [0.4, 0.5) is 10.5 Å². The molecule has 0 saturated carbocycles. The Balaban J connectivity index is 3.11. The zero-order valence-electron chi connectivity index (χ0n) is 18.5. The second-order valence-corrected chi connectivity index (χ2v) is 10.5. The summed E-state index contributed by atoms with van der Waals surface area (Å²) in [7, 11) is -3.93. The molecule has 1 rings (SSSR count). The Hall–Kier alpha value is -1.60. The third-order valence-electron chi connectivity index (χ3n) is 4.31. The van der Waals surface area contributed by atoms with Crippen LogP contribution in [-0.2, 0) is 10.2 Å². The van der Waals surface area contributed by atoms with Crippen LogP contribution < -0.4 is 10.0 Å². The minimum atomic E-state index is -3.93. The number of hydrogen-bond donors (Lipinski definition) is 2. The van der Waals surface area contributed by atoms with Gasteiger partial charge in [-0.05, 0) is 34.8 Å². The fourth-order valence-electron chi connectivity index (χ4n) is 3.10. The Morgan fingerprint density at radius 2 is 1.32 bits per heavy atom. The summed E-state index contributed by atoms with van der Waals surface area (Å²) in [5.41, 5.74) is 2.67. The van der Waals surface area contributed by atoms with Crippen molar-refractivity contribution in [3.63, 3.8) is 0 Å². The maximum Gasteiger partial charge on any atom is 0.333 e. The maximum absolute atomic E-state index is 12.8. The van der Waals surface area contributed by atoms with E-state index < -0.39 is 16.2 Å². The van der Waals surface area contributed by atoms with E-state index in [1.807, 2.05) is 73.6 Å². The van der Waals surface area contributed by atoms with Gasteiger partial charge in [-0.2, -0.15) is 12.7 Å². The summed E-state index contributed by atoms with van der Waals surface area (Å²) in [4.78, 5) is 12.6. The molecule has 0 unspecified atom stereocenters. The van der Waals surface area contributed by atoms with E-state index in [0.29, 0.717) is 18.8 Å². The van der Waals surface area contributed by atoms with Crippen LogP contribution in [-0.4, -0.2) is 31.8 Å². The van der Waals surface area contributed by atoms with Crippen molar-refractivity contribution < 1.29 is 13.2 Å². The highest BCUT2D eigenvalue weighted by Crippen LogP contribution is 2.32. The van der Waals surface area contributed by atoms with E-state index in [-0.39, 0.29) is 23.7 Å². The molecular weight excluding hydrogens is 374 g/mol. The van der Waals surface area contributed by atoms with Gasteiger partial charge >= 0.3 is 16.2 Å². The molecule has 0 aliphatic rings. The molecule has 6 nitrogen and oxygen atoms in total. The van der Waals surface area contributed by atoms with Gasteiger partial charge in [-0.3, -0.25) is 0 Å². The number of amides is 2. The predicted molar refractivity (Wildman–Crippen MR) is 117 cm³/mol. The smallest absolute Gasteiger partial charge is 0.307 e. The Morgan fingerprint density at radius 3 is 1.68 bits per heavy atom. The summed E-state index contributed by atoms with van der Waals surface area (Å²) in [6.07, 6.45) is 0. The molecule has 0 heterocycles. The molecular formula is C21H37N3O3S. The zero-order valence-corrected chi connectivity index (χ0v) is 19.4. The summed E-state index contributed by atoms with van der Waals surface area (Å²) in [5, 5.41) is 2.80. The molecule has 28 heavy (non-hydrogen) atoms. The normalized spacial score (nSPS) is 12.5. The molecule has 0 radical (unpaired) electrons. The van der Waals surface area contributed by atoms with E-state index >= 15 is 0 Å². The predicted octanol–water partition coefficient (Wildman–Crippen LogP) is 4.91. The van der Waals surface area contributed by atoms with Gasteiger partial charge in [-0.15, -0.1) is 0 Å². The Kier molecular flexibility index (Phi) is 8.95. The second kappa shape index (κ2) is 10.3. The molecule has 1 aromatic carbocycles. The maximum atomic E-state index is 12.8. The van der Waals surface area contributed by atoms with Crippen molar-refractivity contribution in [2.45, 2.75) is 67.2 Å². The number of hydrogen-bond acceptors (Lipinski definition) is 3. The second-order valence-electron chi connectivity index (χ2n) is 8.79. The van der Waals surface area contributed by atoms with Crippen LogP contribution in [0.3, 0.4) is 0 Å². The molecule has 7 heteroatoms. The largest absolute Gasteiger partial charge is 0.333 e. The van der Waals surface area contributed by atoms with Crippen molar-refractivity contribution in [2.75, 3.05) is 18.4 Å². The van der Waals surface area contributed by atoms with Crippen LogP contribution in [0.15, 0.2) is 18.2 Å². The summed E-state index contributed by atoms with van der Waals surface area (Å²) in [6, 6.07) is 5.17. The highest BCUT2D eigenvalue weighted by molar-refractivity contribution is 7.87. The van der Waals surface area contributed by atoms with Crippen LogP contribution in [0, 0.1) is 11.8 Å². The van der Waals surface area contributed by atoms with E-state index in [1.54, 1.807) is 0 Å². The molecule has 0 aliphatic carbocycles. The summed E-state index contributed by atoms with van der Waals surface area (Å²) in [5.74, 6) is 0.716. The fraction of sp³-hybridized carbons (Fsp3) is 0.667. The van der Waals surface area contributed by atoms with Crippen molar-refractivity contribution in [3.05, 3.63) is 29.3 Å². The van der Waals surface area contributed by atoms with Gasteiger partial charge in [0.05, 0.1) is 0 Å². The SMILES string of the molecule is CC(C)CN(CC(C)C)S(=O)(=O)NC(=O)Nc1c(C(C)C)cccc1C(C)C. The summed E-state index contributed by atoms with van der Waals surface area (Å²) in [6.45, 7) is 16.7. The van der Waals surface area contributed by atoms with Crippen molar-refractivity contribution in [1.82, 2.24) is 9.03 Å². The van der Waals surface area contributed by atoms with E-state index in [2.05, 4.69) is 10.0 Å². The molecule has 0 aromatic heterocycles. The van der Waals surface area contributed by atoms with E-state index in [1.165, 1.54) is 4.31 Å². The number of anilines is 1. The van der Waals surface area contributed by atoms with E-state index in [9.17, 15) is 13.2 Å². The van der Waals surface area contributed by atoms with Crippen LogP contribution in [0.25, 0.3) is 0 Å². The Morgan fingerprint density at radius 1 is 0.893 bits per heavy atom. The minimum absolute atomic E-state index is 0.160. The standard InChI is InChI=1S/C21H37N3O3S/c1-14(2)12-24(13-15(3)4)28(26,27)23-21(25)22-20-18(16(5)6)10-9-11-19(20)17(7)8/h9-11,14-17H,12-13H2,1-8H3,(H2,22,23,25). The van der Waals surface area contributed by atoms with E-state index in [4.69, 9.17) is 0 Å². The number of urea groups is 1. The van der Waals surface area contributed by atoms with Crippen molar-refractivity contribution in [3.8, 4) is 0 Å². The molecule has 0 spiro atoms. The van der Waals surface area contributed by atoms with Crippen LogP contribution >= 0.6 is 0 Å². The van der Waals surface area contributed by atoms with Gasteiger partial charge in [0.15, 0.2) is 0 Å². The first-order chi connectivity index (χ1) is 12.8. The average molecular weight is 412 g/mol. The molecule has 1 aromatic rings. The highest BCUT2D eigenvalue weighted by Gasteiger charge is 2.26. The van der Waals surface area contributed by atoms with Gasteiger partial charge in [0.2, 0.25) is 0 Å². The summed E-state index contributed by atoms with van der Waals surface area (Å²) < 4.78 is 29.1. The van der Waals surface area contributed by atoms with Gasteiger partial charge in [0.25, 0.3) is 0 Å². The molecule has 0 saturated heterocycles. The third kappa shape index (κ3) is 7.09. The number of nitrogens with one attached hydrogen (secondary N) is 2. The Labute approximate surface area is 171 Å². The quantitative estimate of drug-likeness (QED) is 0.606. The number of rotatable bonds is 9. The van der Waals surface area contributed by atoms with E-state index in [0.717, 1.165) is 11.1 Å². The first-order valence-corrected chi connectivity index (χ1v) is 11.5. The number of para-hydroxylation sites is 1. The van der Waals surface area contributed by atoms with Gasteiger partial charge in [0, 0.05) is 18.8 Å². The molecule has 2 N–H and O–H groups in total. The first kappa shape index (κ1) is 24.4. The van der Waals surface area contributed by atoms with Crippen molar-refractivity contribution >= 4 is 21.9 Å². The highest BCUT2D eigenvalue weighted by atomic mass is 32.2. The van der Waals surface area contributed by atoms with Crippen LogP contribution in [0.1, 0.15) is 78.4 Å². The fourth-order valence-corrected chi connectivity index (χ4v) is 4.50. The molecule has 0 fully saturated rings. The number of nitrogens with zero attached hydrogens (tertiary/aromatic N) is 1. The minimum Gasteiger partial charge on any atom is -0.307 e. The Bertz CT molecular complexity index is 720. The molecule has 0 aliphatic heterocycles. The van der Waals surface area contributed by atoms with Gasteiger partial charge in [0.1, 0.15) is 0 Å². The third-order valence-corrected chi connectivity index (χ3v) is 5.73. The summed E-state index contributed by atoms with van der Waals surface area (Å²) >= 11 is 0. The average Bonchev–Trinajstić information content (AvgIpc) is 2.52. The lowest BCUT2D eigenvalue weighted by molar-refractivity contribution is 0.255. The monoisotopic (exact) mass is 411 g/mol. The van der Waals surface area contributed by atoms with Crippen molar-refractivity contribution in [2.24, 2.45) is 11.8 Å². The van der Waals surface area contributed by atoms with Crippen molar-refractivity contribution in [1.29, 1.82) is 0 Å². The van der Waals surface area contributed by atoms with Crippen LogP contribution in [0.2, 0.25) is 0 Å². The lowest BCUT2D eigenvalue weighted by Gasteiger charge is -2.26. The number of benzene rings is 1. The van der Waals surface area contributed by atoms with Gasteiger partial charge in [-0.25, -0.2) is 9.52 Å². The lowest BCUT2D eigenvalue weighted by Crippen LogP contribution is -2.47. The zero-order chi connectivity index (χ0) is 21.6. The number of carbonyl (C=O) groups is 1. The molecule has 0 atom stereocenters. The first-order valence-electron chi connectivity index (χ1n) is 10.1. The molecule has 160 valence electrons. The number of carbonyl (C=O) groups excluding carboxylic acids is 1. The van der Waals surface area contributed by atoms with Gasteiger partial charge < -0.3 is 5.32 Å². The lowest BCUT2D eigenvalue weighted by atomic mass is 9.93. The molecule has 2 amide bonds. The molecule has 0 bridgehead atoms. The topological polar surface area (TPSA) is 78.5 Å².